The zero-order valence-electron chi connectivity index (χ0n) is 12.8. The lowest BCUT2D eigenvalue weighted by Crippen LogP contribution is -2.59. The molecule has 2 aromatic carbocycles. The van der Waals surface area contributed by atoms with Gasteiger partial charge in [0.15, 0.2) is 11.5 Å². The molecule has 0 saturated heterocycles. The van der Waals surface area contributed by atoms with Crippen LogP contribution in [-0.4, -0.2) is 25.0 Å². The summed E-state index contributed by atoms with van der Waals surface area (Å²) in [6, 6.07) is 8.29. The molecule has 25 heavy (non-hydrogen) atoms. The van der Waals surface area contributed by atoms with E-state index in [-0.39, 0.29) is 11.8 Å². The van der Waals surface area contributed by atoms with Gasteiger partial charge in [-0.15, -0.1) is 0 Å². The van der Waals surface area contributed by atoms with Crippen molar-refractivity contribution in [1.29, 1.82) is 0 Å². The van der Waals surface area contributed by atoms with Gasteiger partial charge in [-0.3, -0.25) is 9.59 Å². The number of rotatable bonds is 0. The standard InChI is InChI=1S/C17H12ClN3O4/c18-8-1-2-9-11(5-8)20-17(21-15(9)22)10-6-13-14(25-4-3-24-13)7-12(10)19-16(17)23/h1-2,5-7,20H,3-4H2,(H,19,23)(H,21,22)/t17-/m0/s1. The van der Waals surface area contributed by atoms with Gasteiger partial charge in [0.1, 0.15) is 13.2 Å². The number of carbonyl (C=O) groups is 2. The third kappa shape index (κ3) is 1.93. The Labute approximate surface area is 147 Å². The first-order chi connectivity index (χ1) is 12.1. The SMILES string of the molecule is O=C1N[C@]2(Nc3cc(Cl)ccc31)C(=O)Nc1cc3c(cc12)OCCO3. The lowest BCUT2D eigenvalue weighted by Gasteiger charge is -2.36. The maximum atomic E-state index is 12.8. The molecule has 2 amide bonds. The summed E-state index contributed by atoms with van der Waals surface area (Å²) >= 11 is 6.04. The molecule has 3 aliphatic rings. The number of carbonyl (C=O) groups excluding carboxylic acids is 2. The van der Waals surface area contributed by atoms with Crippen molar-refractivity contribution in [3.63, 3.8) is 0 Å². The number of nitrogens with one attached hydrogen (secondary N) is 3. The summed E-state index contributed by atoms with van der Waals surface area (Å²) in [6.07, 6.45) is 0. The van der Waals surface area contributed by atoms with Crippen molar-refractivity contribution in [2.45, 2.75) is 5.66 Å². The number of halogens is 1. The fourth-order valence-electron chi connectivity index (χ4n) is 3.38. The summed E-state index contributed by atoms with van der Waals surface area (Å²) in [7, 11) is 0. The van der Waals surface area contributed by atoms with Crippen molar-refractivity contribution in [1.82, 2.24) is 5.32 Å². The Balaban J connectivity index is 1.68. The largest absolute Gasteiger partial charge is 0.486 e. The van der Waals surface area contributed by atoms with E-state index in [0.29, 0.717) is 52.2 Å². The Bertz CT molecular complexity index is 961. The van der Waals surface area contributed by atoms with Gasteiger partial charge in [0.25, 0.3) is 11.8 Å². The van der Waals surface area contributed by atoms with Crippen molar-refractivity contribution in [3.05, 3.63) is 46.5 Å². The second-order valence-corrected chi connectivity index (χ2v) is 6.45. The molecule has 2 aromatic rings. The van der Waals surface area contributed by atoms with E-state index in [1.807, 2.05) is 0 Å². The Kier molecular flexibility index (Phi) is 2.77. The van der Waals surface area contributed by atoms with Gasteiger partial charge in [-0.25, -0.2) is 0 Å². The van der Waals surface area contributed by atoms with Crippen LogP contribution in [0.15, 0.2) is 30.3 Å². The molecule has 0 unspecified atom stereocenters. The van der Waals surface area contributed by atoms with Crippen molar-refractivity contribution >= 4 is 34.8 Å². The number of ether oxygens (including phenoxy) is 2. The van der Waals surface area contributed by atoms with Gasteiger partial charge in [-0.1, -0.05) is 11.6 Å². The molecule has 0 aromatic heterocycles. The van der Waals surface area contributed by atoms with Crippen molar-refractivity contribution < 1.29 is 19.1 Å². The molecule has 3 heterocycles. The summed E-state index contributed by atoms with van der Waals surface area (Å²) in [6.45, 7) is 0.879. The summed E-state index contributed by atoms with van der Waals surface area (Å²) in [5.74, 6) is 0.355. The maximum absolute atomic E-state index is 12.8. The fraction of sp³-hybridized carbons (Fsp3) is 0.176. The maximum Gasteiger partial charge on any atom is 0.275 e. The first kappa shape index (κ1) is 14.4. The number of amides is 2. The van der Waals surface area contributed by atoms with Gasteiger partial charge in [0.05, 0.1) is 16.9 Å². The minimum absolute atomic E-state index is 0.358. The van der Waals surface area contributed by atoms with Gasteiger partial charge >= 0.3 is 0 Å². The van der Waals surface area contributed by atoms with Crippen LogP contribution in [0.4, 0.5) is 11.4 Å². The molecule has 0 bridgehead atoms. The van der Waals surface area contributed by atoms with Gasteiger partial charge in [-0.05, 0) is 24.3 Å². The van der Waals surface area contributed by atoms with Crippen molar-refractivity contribution in [2.24, 2.45) is 0 Å². The van der Waals surface area contributed by atoms with Crippen LogP contribution in [0.5, 0.6) is 11.5 Å². The summed E-state index contributed by atoms with van der Waals surface area (Å²) in [5, 5.41) is 9.17. The van der Waals surface area contributed by atoms with Gasteiger partial charge < -0.3 is 25.4 Å². The molecule has 0 aliphatic carbocycles. The normalized spacial score (nSPS) is 22.6. The topological polar surface area (TPSA) is 88.7 Å². The van der Waals surface area contributed by atoms with Crippen LogP contribution < -0.4 is 25.4 Å². The van der Waals surface area contributed by atoms with E-state index in [9.17, 15) is 9.59 Å². The number of hydrogen-bond donors (Lipinski definition) is 3. The number of fused-ring (bicyclic) bond motifs is 4. The van der Waals surface area contributed by atoms with E-state index in [0.717, 1.165) is 0 Å². The monoisotopic (exact) mass is 357 g/mol. The zero-order chi connectivity index (χ0) is 17.2. The van der Waals surface area contributed by atoms with Crippen molar-refractivity contribution in [2.75, 3.05) is 23.8 Å². The van der Waals surface area contributed by atoms with Crippen LogP contribution in [0.1, 0.15) is 15.9 Å². The fourth-order valence-corrected chi connectivity index (χ4v) is 3.55. The number of hydrogen-bond acceptors (Lipinski definition) is 5. The molecule has 7 nitrogen and oxygen atoms in total. The van der Waals surface area contributed by atoms with Crippen LogP contribution in [0.2, 0.25) is 5.02 Å². The highest BCUT2D eigenvalue weighted by molar-refractivity contribution is 6.31. The number of benzene rings is 2. The second kappa shape index (κ2) is 4.80. The summed E-state index contributed by atoms with van der Waals surface area (Å²) in [5.41, 5.74) is 0.635. The highest BCUT2D eigenvalue weighted by atomic mass is 35.5. The van der Waals surface area contributed by atoms with E-state index in [4.69, 9.17) is 21.1 Å². The highest BCUT2D eigenvalue weighted by Crippen LogP contribution is 2.46. The third-order valence-electron chi connectivity index (χ3n) is 4.52. The number of anilines is 2. The van der Waals surface area contributed by atoms with Crippen LogP contribution in [-0.2, 0) is 10.5 Å². The molecule has 1 spiro atoms. The third-order valence-corrected chi connectivity index (χ3v) is 4.76. The molecule has 5 rings (SSSR count). The van der Waals surface area contributed by atoms with E-state index in [1.165, 1.54) is 0 Å². The molecule has 0 fully saturated rings. The first-order valence-corrected chi connectivity index (χ1v) is 8.10. The first-order valence-electron chi connectivity index (χ1n) is 7.73. The minimum atomic E-state index is -1.42. The van der Waals surface area contributed by atoms with Gasteiger partial charge in [0.2, 0.25) is 5.66 Å². The molecule has 3 aliphatic heterocycles. The van der Waals surface area contributed by atoms with Crippen LogP contribution in [0.3, 0.4) is 0 Å². The van der Waals surface area contributed by atoms with Gasteiger partial charge in [0, 0.05) is 16.7 Å². The molecule has 3 N–H and O–H groups in total. The lowest BCUT2D eigenvalue weighted by molar-refractivity contribution is -0.120. The smallest absolute Gasteiger partial charge is 0.275 e. The second-order valence-electron chi connectivity index (χ2n) is 6.01. The Hall–Kier alpha value is -2.93. The Morgan fingerprint density at radius 3 is 2.52 bits per heavy atom. The summed E-state index contributed by atoms with van der Waals surface area (Å²) in [4.78, 5) is 25.3. The van der Waals surface area contributed by atoms with Crippen LogP contribution in [0, 0.1) is 0 Å². The molecule has 126 valence electrons. The molecule has 0 saturated carbocycles. The molecule has 1 atom stereocenters. The van der Waals surface area contributed by atoms with Crippen molar-refractivity contribution in [3.8, 4) is 11.5 Å². The predicted octanol–water partition coefficient (Wildman–Crippen LogP) is 2.07. The quantitative estimate of drug-likeness (QED) is 0.671. The zero-order valence-corrected chi connectivity index (χ0v) is 13.6. The molecule has 8 heteroatoms. The molecular formula is C17H12ClN3O4. The molecule has 0 radical (unpaired) electrons. The molecular weight excluding hydrogens is 346 g/mol. The summed E-state index contributed by atoms with van der Waals surface area (Å²) < 4.78 is 11.2. The highest BCUT2D eigenvalue weighted by Gasteiger charge is 2.52. The van der Waals surface area contributed by atoms with Gasteiger partial charge in [-0.2, -0.15) is 0 Å². The average Bonchev–Trinajstić information content (AvgIpc) is 2.83. The predicted molar refractivity (Wildman–Crippen MR) is 90.3 cm³/mol. The van der Waals surface area contributed by atoms with E-state index >= 15 is 0 Å². The average molecular weight is 358 g/mol. The van der Waals surface area contributed by atoms with E-state index in [1.54, 1.807) is 30.3 Å². The van der Waals surface area contributed by atoms with Crippen LogP contribution in [0.25, 0.3) is 0 Å². The Morgan fingerprint density at radius 2 is 1.72 bits per heavy atom. The van der Waals surface area contributed by atoms with E-state index in [2.05, 4.69) is 16.0 Å². The minimum Gasteiger partial charge on any atom is -0.486 e. The van der Waals surface area contributed by atoms with Crippen LogP contribution >= 0.6 is 11.6 Å². The lowest BCUT2D eigenvalue weighted by atomic mass is 9.95. The Morgan fingerprint density at radius 1 is 0.960 bits per heavy atom. The van der Waals surface area contributed by atoms with E-state index < -0.39 is 5.66 Å².